The van der Waals surface area contributed by atoms with Gasteiger partial charge in [-0.2, -0.15) is 8.42 Å². The molecule has 0 radical (unpaired) electrons. The highest BCUT2D eigenvalue weighted by atomic mass is 32.2. The predicted molar refractivity (Wildman–Crippen MR) is 117 cm³/mol. The average Bonchev–Trinajstić information content (AvgIpc) is 2.77. The summed E-state index contributed by atoms with van der Waals surface area (Å²) < 4.78 is 30.7. The summed E-state index contributed by atoms with van der Waals surface area (Å²) in [4.78, 5) is -0.334. The number of aromatic hydroxyl groups is 5. The van der Waals surface area contributed by atoms with Crippen molar-refractivity contribution in [3.05, 3.63) is 66.7 Å². The number of para-hydroxylation sites is 1. The lowest BCUT2D eigenvalue weighted by molar-refractivity contribution is 0.395. The molecule has 0 bridgehead atoms. The van der Waals surface area contributed by atoms with E-state index in [4.69, 9.17) is 4.18 Å². The Morgan fingerprint density at radius 1 is 0.636 bits per heavy atom. The second kappa shape index (κ2) is 8.20. The van der Waals surface area contributed by atoms with E-state index >= 15 is 0 Å². The SMILES string of the molecule is O=S(=O)(Oc1c(O)cccc1O)c1cccc2c(O)c(N=Nc3c(O)cccc3O)ccc12. The minimum atomic E-state index is -4.53. The molecule has 0 aliphatic heterocycles. The zero-order chi connectivity index (χ0) is 23.8. The average molecular weight is 468 g/mol. The van der Waals surface area contributed by atoms with E-state index in [2.05, 4.69) is 10.2 Å². The molecule has 0 spiro atoms. The first-order chi connectivity index (χ1) is 15.7. The van der Waals surface area contributed by atoms with Crippen molar-refractivity contribution in [1.82, 2.24) is 0 Å². The van der Waals surface area contributed by atoms with E-state index in [1.807, 2.05) is 0 Å². The quantitative estimate of drug-likeness (QED) is 0.210. The molecular formula is C22H16N2O8S. The largest absolute Gasteiger partial charge is 0.505 e. The van der Waals surface area contributed by atoms with E-state index < -0.39 is 33.1 Å². The van der Waals surface area contributed by atoms with Gasteiger partial charge in [0.2, 0.25) is 5.75 Å². The summed E-state index contributed by atoms with van der Waals surface area (Å²) in [5.41, 5.74) is -0.261. The first-order valence-corrected chi connectivity index (χ1v) is 10.7. The third-order valence-electron chi connectivity index (χ3n) is 4.66. The maximum absolute atomic E-state index is 12.9. The van der Waals surface area contributed by atoms with Gasteiger partial charge in [0, 0.05) is 10.8 Å². The second-order valence-electron chi connectivity index (χ2n) is 6.79. The van der Waals surface area contributed by atoms with Crippen molar-refractivity contribution < 1.29 is 38.1 Å². The fourth-order valence-corrected chi connectivity index (χ4v) is 4.25. The summed E-state index contributed by atoms with van der Waals surface area (Å²) in [7, 11) is -4.53. The third-order valence-corrected chi connectivity index (χ3v) is 5.94. The van der Waals surface area contributed by atoms with Crippen molar-refractivity contribution in [3.8, 4) is 34.5 Å². The van der Waals surface area contributed by atoms with Gasteiger partial charge in [-0.25, -0.2) is 0 Å². The number of phenolic OH excluding ortho intramolecular Hbond substituents is 5. The summed E-state index contributed by atoms with van der Waals surface area (Å²) in [6, 6.07) is 14.3. The van der Waals surface area contributed by atoms with Crippen LogP contribution in [-0.2, 0) is 10.1 Å². The molecule has 10 nitrogen and oxygen atoms in total. The third kappa shape index (κ3) is 4.04. The van der Waals surface area contributed by atoms with E-state index in [-0.39, 0.29) is 38.5 Å². The van der Waals surface area contributed by atoms with Gasteiger partial charge in [0.1, 0.15) is 22.1 Å². The molecule has 168 valence electrons. The highest BCUT2D eigenvalue weighted by Gasteiger charge is 2.24. The molecule has 0 saturated carbocycles. The molecule has 4 rings (SSSR count). The molecule has 33 heavy (non-hydrogen) atoms. The molecule has 0 heterocycles. The van der Waals surface area contributed by atoms with E-state index in [9.17, 15) is 34.0 Å². The fraction of sp³-hybridized carbons (Fsp3) is 0. The number of fused-ring (bicyclic) bond motifs is 1. The molecule has 0 saturated heterocycles. The highest BCUT2D eigenvalue weighted by Crippen LogP contribution is 2.42. The minimum Gasteiger partial charge on any atom is -0.505 e. The second-order valence-corrected chi connectivity index (χ2v) is 8.31. The Balaban J connectivity index is 1.77. The van der Waals surface area contributed by atoms with E-state index in [1.165, 1.54) is 54.6 Å². The van der Waals surface area contributed by atoms with Crippen LogP contribution < -0.4 is 4.18 Å². The number of azo groups is 1. The maximum Gasteiger partial charge on any atom is 0.340 e. The Kier molecular flexibility index (Phi) is 5.40. The van der Waals surface area contributed by atoms with Gasteiger partial charge in [0.05, 0.1) is 0 Å². The summed E-state index contributed by atoms with van der Waals surface area (Å²) >= 11 is 0. The lowest BCUT2D eigenvalue weighted by atomic mass is 10.1. The Morgan fingerprint density at radius 2 is 1.21 bits per heavy atom. The monoisotopic (exact) mass is 468 g/mol. The number of rotatable bonds is 5. The van der Waals surface area contributed by atoms with Crippen LogP contribution in [0, 0.1) is 0 Å². The Bertz CT molecular complexity index is 1480. The molecule has 0 unspecified atom stereocenters. The number of nitrogens with zero attached hydrogens (tertiary/aromatic N) is 2. The van der Waals surface area contributed by atoms with Crippen LogP contribution in [0.1, 0.15) is 0 Å². The van der Waals surface area contributed by atoms with Crippen LogP contribution in [0.25, 0.3) is 10.8 Å². The Hall–Kier alpha value is -4.51. The van der Waals surface area contributed by atoms with Gasteiger partial charge >= 0.3 is 10.1 Å². The summed E-state index contributed by atoms with van der Waals surface area (Å²) in [6.45, 7) is 0. The summed E-state index contributed by atoms with van der Waals surface area (Å²) in [6.07, 6.45) is 0. The smallest absolute Gasteiger partial charge is 0.340 e. The van der Waals surface area contributed by atoms with Crippen LogP contribution in [0.5, 0.6) is 34.5 Å². The number of benzene rings is 4. The normalized spacial score (nSPS) is 11.8. The molecule has 0 amide bonds. The van der Waals surface area contributed by atoms with E-state index in [0.29, 0.717) is 0 Å². The topological polar surface area (TPSA) is 169 Å². The highest BCUT2D eigenvalue weighted by molar-refractivity contribution is 7.87. The van der Waals surface area contributed by atoms with Crippen molar-refractivity contribution >= 4 is 32.3 Å². The van der Waals surface area contributed by atoms with Gasteiger partial charge in [-0.15, -0.1) is 10.2 Å². The molecular weight excluding hydrogens is 452 g/mol. The molecule has 0 atom stereocenters. The Labute approximate surface area is 187 Å². The van der Waals surface area contributed by atoms with Crippen molar-refractivity contribution in [2.24, 2.45) is 10.2 Å². The number of hydrogen-bond donors (Lipinski definition) is 5. The molecule has 0 aromatic heterocycles. The van der Waals surface area contributed by atoms with Crippen molar-refractivity contribution in [3.63, 3.8) is 0 Å². The molecule has 4 aromatic carbocycles. The molecule has 11 heteroatoms. The zero-order valence-electron chi connectivity index (χ0n) is 16.6. The molecule has 4 aromatic rings. The van der Waals surface area contributed by atoms with Crippen LogP contribution in [0.4, 0.5) is 11.4 Å². The fourth-order valence-electron chi connectivity index (χ4n) is 3.08. The van der Waals surface area contributed by atoms with Crippen LogP contribution in [0.15, 0.2) is 81.9 Å². The van der Waals surface area contributed by atoms with Gasteiger partial charge in [-0.1, -0.05) is 30.3 Å². The van der Waals surface area contributed by atoms with Crippen LogP contribution in [-0.4, -0.2) is 34.0 Å². The lowest BCUT2D eigenvalue weighted by Gasteiger charge is -2.12. The first-order valence-electron chi connectivity index (χ1n) is 9.32. The Morgan fingerprint density at radius 3 is 1.85 bits per heavy atom. The molecule has 0 fully saturated rings. The van der Waals surface area contributed by atoms with Gasteiger partial charge in [0.15, 0.2) is 22.9 Å². The van der Waals surface area contributed by atoms with Gasteiger partial charge in [-0.05, 0) is 36.4 Å². The lowest BCUT2D eigenvalue weighted by Crippen LogP contribution is -2.10. The number of phenols is 5. The van der Waals surface area contributed by atoms with Crippen molar-refractivity contribution in [2.75, 3.05) is 0 Å². The standard InChI is InChI=1S/C22H16N2O8S/c25-15-5-2-6-16(26)20(15)24-23-14-11-10-12-13(21(14)29)4-1-9-19(12)33(30,31)32-22-17(27)7-3-8-18(22)28/h1-11,25-29H. The minimum absolute atomic E-state index is 0.0565. The van der Waals surface area contributed by atoms with Gasteiger partial charge in [0.25, 0.3) is 0 Å². The molecule has 5 N–H and O–H groups in total. The van der Waals surface area contributed by atoms with Crippen molar-refractivity contribution in [2.45, 2.75) is 4.90 Å². The first kappa shape index (κ1) is 21.7. The van der Waals surface area contributed by atoms with E-state index in [0.717, 1.165) is 12.1 Å². The van der Waals surface area contributed by atoms with Gasteiger partial charge < -0.3 is 29.7 Å². The van der Waals surface area contributed by atoms with E-state index in [1.54, 1.807) is 0 Å². The number of hydrogen-bond acceptors (Lipinski definition) is 10. The molecule has 0 aliphatic rings. The molecule has 0 aliphatic carbocycles. The van der Waals surface area contributed by atoms with Crippen LogP contribution in [0.2, 0.25) is 0 Å². The summed E-state index contributed by atoms with van der Waals surface area (Å²) in [5, 5.41) is 57.7. The van der Waals surface area contributed by atoms with Gasteiger partial charge in [-0.3, -0.25) is 0 Å². The summed E-state index contributed by atoms with van der Waals surface area (Å²) in [5.74, 6) is -2.83. The zero-order valence-corrected chi connectivity index (χ0v) is 17.4. The van der Waals surface area contributed by atoms with Crippen molar-refractivity contribution in [1.29, 1.82) is 0 Å². The maximum atomic E-state index is 12.9. The van der Waals surface area contributed by atoms with Crippen LogP contribution in [0.3, 0.4) is 0 Å². The predicted octanol–water partition coefficient (Wildman–Crippen LogP) is 4.55. The van der Waals surface area contributed by atoms with Crippen LogP contribution >= 0.6 is 0 Å².